The second kappa shape index (κ2) is 6.06. The number of para-hydroxylation sites is 1. The van der Waals surface area contributed by atoms with Crippen LogP contribution >= 0.6 is 0 Å². The van der Waals surface area contributed by atoms with E-state index in [9.17, 15) is 0 Å². The first-order valence-electron chi connectivity index (χ1n) is 7.34. The average Bonchev–Trinajstić information content (AvgIpc) is 2.94. The molecule has 4 heteroatoms. The van der Waals surface area contributed by atoms with Crippen molar-refractivity contribution in [3.05, 3.63) is 60.3 Å². The van der Waals surface area contributed by atoms with Gasteiger partial charge in [-0.05, 0) is 19.0 Å². The monoisotopic (exact) mass is 280 g/mol. The number of aromatic nitrogens is 3. The second-order valence-corrected chi connectivity index (χ2v) is 5.24. The minimum Gasteiger partial charge on any atom is -0.336 e. The number of aryl methyl sites for hydroxylation is 1. The molecule has 1 N–H and O–H groups in total. The fraction of sp³-hybridized carbons (Fsp3) is 0.294. The van der Waals surface area contributed by atoms with Gasteiger partial charge >= 0.3 is 0 Å². The zero-order valence-corrected chi connectivity index (χ0v) is 12.5. The van der Waals surface area contributed by atoms with Crippen LogP contribution in [0.2, 0.25) is 0 Å². The number of hydrogen-bond acceptors (Lipinski definition) is 3. The average molecular weight is 280 g/mol. The predicted octanol–water partition coefficient (Wildman–Crippen LogP) is 3.06. The van der Waals surface area contributed by atoms with Gasteiger partial charge in [0.2, 0.25) is 0 Å². The van der Waals surface area contributed by atoms with Crippen LogP contribution in [0.4, 0.5) is 0 Å². The van der Waals surface area contributed by atoms with Crippen LogP contribution in [0.15, 0.2) is 49.1 Å². The van der Waals surface area contributed by atoms with Gasteiger partial charge in [0.1, 0.15) is 0 Å². The molecule has 0 aliphatic heterocycles. The molecule has 0 aliphatic rings. The van der Waals surface area contributed by atoms with E-state index in [0.29, 0.717) is 0 Å². The first kappa shape index (κ1) is 13.8. The molecule has 0 radical (unpaired) electrons. The van der Waals surface area contributed by atoms with Gasteiger partial charge < -0.3 is 9.88 Å². The van der Waals surface area contributed by atoms with Gasteiger partial charge in [0.15, 0.2) is 0 Å². The van der Waals surface area contributed by atoms with E-state index in [2.05, 4.69) is 51.0 Å². The molecule has 21 heavy (non-hydrogen) atoms. The predicted molar refractivity (Wildman–Crippen MR) is 85.1 cm³/mol. The second-order valence-electron chi connectivity index (χ2n) is 5.24. The van der Waals surface area contributed by atoms with E-state index in [1.807, 2.05) is 31.8 Å². The summed E-state index contributed by atoms with van der Waals surface area (Å²) in [5, 5.41) is 4.79. The van der Waals surface area contributed by atoms with Gasteiger partial charge in [0.05, 0.1) is 29.8 Å². The van der Waals surface area contributed by atoms with Crippen LogP contribution in [0.25, 0.3) is 10.9 Å². The molecule has 4 nitrogen and oxygen atoms in total. The third-order valence-electron chi connectivity index (χ3n) is 3.72. The van der Waals surface area contributed by atoms with Crippen molar-refractivity contribution in [1.29, 1.82) is 0 Å². The Labute approximate surface area is 124 Å². The number of nitrogens with one attached hydrogen (secondary N) is 1. The molecule has 0 saturated heterocycles. The molecule has 2 aromatic heterocycles. The molecule has 0 spiro atoms. The van der Waals surface area contributed by atoms with Gasteiger partial charge in [-0.25, -0.2) is 4.98 Å². The Morgan fingerprint density at radius 3 is 2.86 bits per heavy atom. The molecule has 1 atom stereocenters. The minimum absolute atomic E-state index is 0.107. The van der Waals surface area contributed by atoms with Crippen molar-refractivity contribution < 1.29 is 0 Å². The summed E-state index contributed by atoms with van der Waals surface area (Å²) >= 11 is 0. The maximum atomic E-state index is 4.58. The van der Waals surface area contributed by atoms with Crippen LogP contribution in [-0.4, -0.2) is 21.1 Å². The fourth-order valence-electron chi connectivity index (χ4n) is 2.67. The Hall–Kier alpha value is -2.20. The normalized spacial score (nSPS) is 12.7. The molecule has 0 bridgehead atoms. The minimum atomic E-state index is 0.107. The summed E-state index contributed by atoms with van der Waals surface area (Å²) in [6.45, 7) is 3.13. The first-order chi connectivity index (χ1) is 10.3. The summed E-state index contributed by atoms with van der Waals surface area (Å²) < 4.78 is 2.06. The van der Waals surface area contributed by atoms with E-state index in [-0.39, 0.29) is 6.04 Å². The van der Waals surface area contributed by atoms with Crippen molar-refractivity contribution in [2.24, 2.45) is 7.05 Å². The number of benzene rings is 1. The Bertz CT molecular complexity index is 727. The van der Waals surface area contributed by atoms with Crippen molar-refractivity contribution in [3.63, 3.8) is 0 Å². The van der Waals surface area contributed by atoms with Gasteiger partial charge in [-0.3, -0.25) is 4.98 Å². The fourth-order valence-corrected chi connectivity index (χ4v) is 2.67. The summed E-state index contributed by atoms with van der Waals surface area (Å²) in [7, 11) is 2.03. The molecule has 0 aliphatic carbocycles. The molecule has 0 fully saturated rings. The summed E-state index contributed by atoms with van der Waals surface area (Å²) in [4.78, 5) is 8.84. The van der Waals surface area contributed by atoms with Gasteiger partial charge in [0, 0.05) is 24.2 Å². The molecule has 1 aromatic carbocycles. The van der Waals surface area contributed by atoms with Crippen molar-refractivity contribution in [2.75, 3.05) is 6.54 Å². The summed E-state index contributed by atoms with van der Waals surface area (Å²) in [6, 6.07) is 10.5. The molecule has 1 unspecified atom stereocenters. The van der Waals surface area contributed by atoms with E-state index in [0.717, 1.165) is 24.2 Å². The van der Waals surface area contributed by atoms with Crippen molar-refractivity contribution in [3.8, 4) is 0 Å². The lowest BCUT2D eigenvalue weighted by Crippen LogP contribution is -2.25. The van der Waals surface area contributed by atoms with E-state index in [1.54, 1.807) is 0 Å². The van der Waals surface area contributed by atoms with Crippen molar-refractivity contribution >= 4 is 10.9 Å². The maximum Gasteiger partial charge on any atom is 0.0946 e. The molecule has 2 heterocycles. The molecular weight excluding hydrogens is 260 g/mol. The van der Waals surface area contributed by atoms with Crippen LogP contribution < -0.4 is 5.32 Å². The van der Waals surface area contributed by atoms with Crippen LogP contribution in [0.1, 0.15) is 30.6 Å². The summed E-state index contributed by atoms with van der Waals surface area (Å²) in [5.74, 6) is 0. The molecule has 108 valence electrons. The van der Waals surface area contributed by atoms with Crippen LogP contribution in [0.5, 0.6) is 0 Å². The van der Waals surface area contributed by atoms with Gasteiger partial charge in [0.25, 0.3) is 0 Å². The standard InChI is InChI=1S/C17H20N4/c1-3-9-19-17(15-11-18-12-21(15)2)14-8-4-6-13-7-5-10-20-16(13)14/h4-8,10-12,17,19H,3,9H2,1-2H3. The van der Waals surface area contributed by atoms with E-state index in [1.165, 1.54) is 10.9 Å². The smallest absolute Gasteiger partial charge is 0.0946 e. The summed E-state index contributed by atoms with van der Waals surface area (Å²) in [6.07, 6.45) is 6.71. The lowest BCUT2D eigenvalue weighted by atomic mass is 10.00. The molecule has 0 saturated carbocycles. The Kier molecular flexibility index (Phi) is 3.97. The number of imidazole rings is 1. The summed E-state index contributed by atoms with van der Waals surface area (Å²) in [5.41, 5.74) is 3.40. The number of fused-ring (bicyclic) bond motifs is 1. The highest BCUT2D eigenvalue weighted by Gasteiger charge is 2.19. The highest BCUT2D eigenvalue weighted by atomic mass is 15.1. The lowest BCUT2D eigenvalue weighted by Gasteiger charge is -2.20. The largest absolute Gasteiger partial charge is 0.336 e. The molecular formula is C17H20N4. The zero-order valence-electron chi connectivity index (χ0n) is 12.5. The van der Waals surface area contributed by atoms with Crippen LogP contribution in [0, 0.1) is 0 Å². The van der Waals surface area contributed by atoms with Crippen LogP contribution in [-0.2, 0) is 7.05 Å². The van der Waals surface area contributed by atoms with Gasteiger partial charge in [-0.1, -0.05) is 31.2 Å². The highest BCUT2D eigenvalue weighted by Crippen LogP contribution is 2.27. The number of nitrogens with zero attached hydrogens (tertiary/aromatic N) is 3. The molecule has 0 amide bonds. The first-order valence-corrected chi connectivity index (χ1v) is 7.34. The van der Waals surface area contributed by atoms with E-state index >= 15 is 0 Å². The quantitative estimate of drug-likeness (QED) is 0.781. The third-order valence-corrected chi connectivity index (χ3v) is 3.72. The maximum absolute atomic E-state index is 4.58. The van der Waals surface area contributed by atoms with Gasteiger partial charge in [-0.15, -0.1) is 0 Å². The highest BCUT2D eigenvalue weighted by molar-refractivity contribution is 5.82. The topological polar surface area (TPSA) is 42.7 Å². The SMILES string of the molecule is CCCNC(c1cccc2cccnc12)c1cncn1C. The third kappa shape index (κ3) is 2.67. The zero-order chi connectivity index (χ0) is 14.7. The van der Waals surface area contributed by atoms with E-state index in [4.69, 9.17) is 0 Å². The van der Waals surface area contributed by atoms with Crippen molar-refractivity contribution in [2.45, 2.75) is 19.4 Å². The molecule has 3 aromatic rings. The van der Waals surface area contributed by atoms with Crippen molar-refractivity contribution in [1.82, 2.24) is 19.9 Å². The number of hydrogen-bond donors (Lipinski definition) is 1. The Morgan fingerprint density at radius 1 is 1.24 bits per heavy atom. The lowest BCUT2D eigenvalue weighted by molar-refractivity contribution is 0.572. The van der Waals surface area contributed by atoms with Gasteiger partial charge in [-0.2, -0.15) is 0 Å². The number of rotatable bonds is 5. The number of pyridine rings is 1. The van der Waals surface area contributed by atoms with Crippen LogP contribution in [0.3, 0.4) is 0 Å². The Morgan fingerprint density at radius 2 is 2.10 bits per heavy atom. The molecule has 3 rings (SSSR count). The Balaban J connectivity index is 2.12. The van der Waals surface area contributed by atoms with E-state index < -0.39 is 0 Å².